The summed E-state index contributed by atoms with van der Waals surface area (Å²) in [6.45, 7) is 2.13. The van der Waals surface area contributed by atoms with Crippen LogP contribution in [0.1, 0.15) is 38.5 Å². The fraction of sp³-hybridized carbons (Fsp3) is 1.00. The molecule has 0 aromatic carbocycles. The number of hydrogen-bond donors (Lipinski definition) is 0. The monoisotopic (exact) mass is 243 g/mol. The fourth-order valence-corrected chi connectivity index (χ4v) is 3.74. The van der Waals surface area contributed by atoms with Crippen molar-refractivity contribution in [3.05, 3.63) is 0 Å². The fourth-order valence-electron chi connectivity index (χ4n) is 2.95. The third kappa shape index (κ3) is 3.38. The molecule has 2 rings (SSSR count). The van der Waals surface area contributed by atoms with Gasteiger partial charge in [0.05, 0.1) is 6.10 Å². The Morgan fingerprint density at radius 2 is 2.12 bits per heavy atom. The molecule has 2 nitrogen and oxygen atoms in total. The van der Waals surface area contributed by atoms with Crippen LogP contribution in [0, 0.1) is 0 Å². The average Bonchev–Trinajstić information content (AvgIpc) is 2.79. The minimum Gasteiger partial charge on any atom is -0.377 e. The summed E-state index contributed by atoms with van der Waals surface area (Å²) in [4.78, 5) is 2.55. The molecule has 0 unspecified atom stereocenters. The van der Waals surface area contributed by atoms with E-state index in [9.17, 15) is 0 Å². The van der Waals surface area contributed by atoms with Crippen molar-refractivity contribution in [1.29, 1.82) is 0 Å². The van der Waals surface area contributed by atoms with Gasteiger partial charge in [-0.3, -0.25) is 0 Å². The lowest BCUT2D eigenvalue weighted by atomic mass is 10.1. The number of likely N-dealkylation sites (N-methyl/N-ethyl adjacent to an activating group) is 1. The van der Waals surface area contributed by atoms with Crippen LogP contribution in [0.2, 0.25) is 0 Å². The van der Waals surface area contributed by atoms with Gasteiger partial charge in [0.1, 0.15) is 0 Å². The van der Waals surface area contributed by atoms with E-state index in [4.69, 9.17) is 4.74 Å². The summed E-state index contributed by atoms with van der Waals surface area (Å²) in [6.07, 6.45) is 10.8. The standard InChI is InChI=1S/C13H25NOS/c1-14(10-12-5-3-4-8-15-12)11-6-7-13(9-11)16-2/h11-13H,3-10H2,1-2H3/t11-,12-,13-/m1/s1. The highest BCUT2D eigenvalue weighted by Crippen LogP contribution is 2.31. The van der Waals surface area contributed by atoms with Crippen LogP contribution >= 0.6 is 11.8 Å². The first-order chi connectivity index (χ1) is 7.79. The SMILES string of the molecule is CS[C@@H]1CC[C@@H](N(C)C[C@H]2CCCCO2)C1. The quantitative estimate of drug-likeness (QED) is 0.753. The lowest BCUT2D eigenvalue weighted by Gasteiger charge is -2.31. The van der Waals surface area contributed by atoms with Crippen molar-refractivity contribution < 1.29 is 4.74 Å². The van der Waals surface area contributed by atoms with Crippen molar-refractivity contribution >= 4 is 11.8 Å². The van der Waals surface area contributed by atoms with Crippen LogP contribution in [0.4, 0.5) is 0 Å². The summed E-state index contributed by atoms with van der Waals surface area (Å²) in [5, 5.41) is 0.903. The van der Waals surface area contributed by atoms with E-state index in [1.54, 1.807) is 0 Å². The lowest BCUT2D eigenvalue weighted by Crippen LogP contribution is -2.38. The molecule has 0 aromatic heterocycles. The molecular formula is C13H25NOS. The Bertz CT molecular complexity index is 206. The van der Waals surface area contributed by atoms with Crippen LogP contribution in [0.3, 0.4) is 0 Å². The summed E-state index contributed by atoms with van der Waals surface area (Å²) in [7, 11) is 2.28. The van der Waals surface area contributed by atoms with Crippen LogP contribution in [-0.4, -0.2) is 48.8 Å². The largest absolute Gasteiger partial charge is 0.377 e. The summed E-state index contributed by atoms with van der Waals surface area (Å²) in [5.74, 6) is 0. The minimum atomic E-state index is 0.507. The molecule has 1 saturated carbocycles. The van der Waals surface area contributed by atoms with Crippen molar-refractivity contribution in [1.82, 2.24) is 4.90 Å². The zero-order valence-corrected chi connectivity index (χ0v) is 11.5. The maximum atomic E-state index is 5.81. The average molecular weight is 243 g/mol. The molecule has 0 N–H and O–H groups in total. The van der Waals surface area contributed by atoms with Gasteiger partial charge in [0, 0.05) is 24.4 Å². The van der Waals surface area contributed by atoms with Crippen LogP contribution in [0.5, 0.6) is 0 Å². The van der Waals surface area contributed by atoms with E-state index in [-0.39, 0.29) is 0 Å². The lowest BCUT2D eigenvalue weighted by molar-refractivity contribution is -0.00766. The Labute approximate surface area is 104 Å². The Morgan fingerprint density at radius 3 is 2.75 bits per heavy atom. The van der Waals surface area contributed by atoms with Gasteiger partial charge in [-0.1, -0.05) is 0 Å². The third-order valence-corrected chi connectivity index (χ3v) is 5.17. The van der Waals surface area contributed by atoms with E-state index in [0.717, 1.165) is 24.4 Å². The normalized spacial score (nSPS) is 35.8. The molecule has 16 heavy (non-hydrogen) atoms. The molecular weight excluding hydrogens is 218 g/mol. The van der Waals surface area contributed by atoms with Gasteiger partial charge < -0.3 is 9.64 Å². The number of thioether (sulfide) groups is 1. The smallest absolute Gasteiger partial charge is 0.0702 e. The molecule has 0 spiro atoms. The van der Waals surface area contributed by atoms with Gasteiger partial charge in [-0.05, 0) is 51.8 Å². The van der Waals surface area contributed by atoms with Crippen molar-refractivity contribution in [2.45, 2.75) is 55.9 Å². The second kappa shape index (κ2) is 6.27. The molecule has 0 amide bonds. The van der Waals surface area contributed by atoms with Crippen LogP contribution in [0.15, 0.2) is 0 Å². The van der Waals surface area contributed by atoms with E-state index in [1.807, 2.05) is 11.8 Å². The number of rotatable bonds is 4. The second-order valence-electron chi connectivity index (χ2n) is 5.25. The molecule has 94 valence electrons. The molecule has 1 aliphatic carbocycles. The number of hydrogen-bond acceptors (Lipinski definition) is 3. The first-order valence-corrected chi connectivity index (χ1v) is 7.93. The maximum Gasteiger partial charge on any atom is 0.0702 e. The van der Waals surface area contributed by atoms with E-state index in [2.05, 4.69) is 18.2 Å². The van der Waals surface area contributed by atoms with Crippen LogP contribution in [-0.2, 0) is 4.74 Å². The number of nitrogens with zero attached hydrogens (tertiary/aromatic N) is 1. The molecule has 1 heterocycles. The maximum absolute atomic E-state index is 5.81. The highest BCUT2D eigenvalue weighted by Gasteiger charge is 2.28. The first-order valence-electron chi connectivity index (χ1n) is 6.64. The molecule has 2 fully saturated rings. The van der Waals surface area contributed by atoms with Crippen molar-refractivity contribution in [3.63, 3.8) is 0 Å². The third-order valence-electron chi connectivity index (χ3n) is 4.08. The molecule has 2 aliphatic rings. The van der Waals surface area contributed by atoms with Gasteiger partial charge in [-0.25, -0.2) is 0 Å². The summed E-state index contributed by atoms with van der Waals surface area (Å²) in [6, 6.07) is 0.808. The molecule has 3 heteroatoms. The predicted molar refractivity (Wildman–Crippen MR) is 71.2 cm³/mol. The topological polar surface area (TPSA) is 12.5 Å². The van der Waals surface area contributed by atoms with Gasteiger partial charge >= 0.3 is 0 Å². The highest BCUT2D eigenvalue weighted by atomic mass is 32.2. The minimum absolute atomic E-state index is 0.507. The van der Waals surface area contributed by atoms with Gasteiger partial charge in [0.25, 0.3) is 0 Å². The predicted octanol–water partition coefficient (Wildman–Crippen LogP) is 2.77. The van der Waals surface area contributed by atoms with Gasteiger partial charge in [-0.15, -0.1) is 0 Å². The Balaban J connectivity index is 1.72. The molecule has 1 aliphatic heterocycles. The van der Waals surface area contributed by atoms with Crippen molar-refractivity contribution in [2.75, 3.05) is 26.5 Å². The first kappa shape index (κ1) is 12.7. The zero-order valence-electron chi connectivity index (χ0n) is 10.7. The molecule has 3 atom stereocenters. The van der Waals surface area contributed by atoms with Gasteiger partial charge in [0.15, 0.2) is 0 Å². The molecule has 1 saturated heterocycles. The molecule has 0 aromatic rings. The van der Waals surface area contributed by atoms with Crippen LogP contribution < -0.4 is 0 Å². The van der Waals surface area contributed by atoms with E-state index >= 15 is 0 Å². The highest BCUT2D eigenvalue weighted by molar-refractivity contribution is 7.99. The summed E-state index contributed by atoms with van der Waals surface area (Å²) in [5.41, 5.74) is 0. The van der Waals surface area contributed by atoms with Crippen molar-refractivity contribution in [2.24, 2.45) is 0 Å². The van der Waals surface area contributed by atoms with Gasteiger partial charge in [-0.2, -0.15) is 11.8 Å². The van der Waals surface area contributed by atoms with Crippen molar-refractivity contribution in [3.8, 4) is 0 Å². The zero-order chi connectivity index (χ0) is 11.4. The molecule has 0 radical (unpaired) electrons. The van der Waals surface area contributed by atoms with Gasteiger partial charge in [0.2, 0.25) is 0 Å². The van der Waals surface area contributed by atoms with Crippen LogP contribution in [0.25, 0.3) is 0 Å². The second-order valence-corrected chi connectivity index (χ2v) is 6.39. The van der Waals surface area contributed by atoms with E-state index in [0.29, 0.717) is 6.10 Å². The van der Waals surface area contributed by atoms with E-state index in [1.165, 1.54) is 38.5 Å². The Hall–Kier alpha value is 0.270. The van der Waals surface area contributed by atoms with E-state index < -0.39 is 0 Å². The molecule has 0 bridgehead atoms. The Kier molecular flexibility index (Phi) is 4.98. The Morgan fingerprint density at radius 1 is 1.25 bits per heavy atom. The summed E-state index contributed by atoms with van der Waals surface area (Å²) < 4.78 is 5.81. The number of ether oxygens (including phenoxy) is 1. The summed E-state index contributed by atoms with van der Waals surface area (Å²) >= 11 is 2.04.